The molecule has 0 aromatic heterocycles. The molecule has 0 N–H and O–H groups in total. The topological polar surface area (TPSA) is 98.0 Å². The van der Waals surface area contributed by atoms with E-state index in [2.05, 4.69) is 10.3 Å². The van der Waals surface area contributed by atoms with E-state index in [0.717, 1.165) is 51.8 Å². The molecule has 8 rings (SSSR count). The Labute approximate surface area is 301 Å². The van der Waals surface area contributed by atoms with Crippen LogP contribution in [0, 0.1) is 5.92 Å². The normalized spacial score (nSPS) is 23.9. The van der Waals surface area contributed by atoms with E-state index in [1.165, 1.54) is 10.0 Å². The van der Waals surface area contributed by atoms with Gasteiger partial charge in [-0.1, -0.05) is 100 Å². The number of rotatable bonds is 5. The number of hydrogen-bond donors (Lipinski definition) is 0. The summed E-state index contributed by atoms with van der Waals surface area (Å²) < 4.78 is 0. The molecule has 49 heavy (non-hydrogen) atoms. The van der Waals surface area contributed by atoms with Crippen molar-refractivity contribution < 1.29 is 14.4 Å². The summed E-state index contributed by atoms with van der Waals surface area (Å²) in [6.07, 6.45) is 4.35. The van der Waals surface area contributed by atoms with Crippen molar-refractivity contribution in [3.63, 3.8) is 0 Å². The van der Waals surface area contributed by atoms with Crippen molar-refractivity contribution in [2.45, 2.75) is 37.4 Å². The van der Waals surface area contributed by atoms with E-state index in [4.69, 9.17) is 51.5 Å². The number of amides is 3. The number of halogens is 4. The molecule has 4 aromatic rings. The average Bonchev–Trinajstić information content (AvgIpc) is 3.75. The Morgan fingerprint density at radius 2 is 1.61 bits per heavy atom. The maximum atomic E-state index is 14.3. The van der Waals surface area contributed by atoms with E-state index in [1.807, 2.05) is 48.5 Å². The quantitative estimate of drug-likeness (QED) is 0.192. The number of carbonyl (C=O) groups is 3. The second-order valence-corrected chi connectivity index (χ2v) is 14.1. The summed E-state index contributed by atoms with van der Waals surface area (Å²) in [6.45, 7) is -0.333. The van der Waals surface area contributed by atoms with Crippen LogP contribution in [0.2, 0.25) is 20.1 Å². The predicted octanol–water partition coefficient (Wildman–Crippen LogP) is 8.57. The summed E-state index contributed by atoms with van der Waals surface area (Å²) in [6, 6.07) is 20.8. The first-order valence-corrected chi connectivity index (χ1v) is 17.3. The molecule has 1 aliphatic carbocycles. The zero-order valence-electron chi connectivity index (χ0n) is 25.6. The van der Waals surface area contributed by atoms with E-state index < -0.39 is 35.8 Å². The molecule has 3 amide bonds. The molecular weight excluding hydrogens is 706 g/mol. The Morgan fingerprint density at radius 3 is 2.41 bits per heavy atom. The third-order valence-electron chi connectivity index (χ3n) is 9.49. The maximum absolute atomic E-state index is 14.3. The van der Waals surface area contributed by atoms with E-state index in [9.17, 15) is 14.4 Å². The first-order valence-electron chi connectivity index (χ1n) is 15.7. The van der Waals surface area contributed by atoms with Crippen LogP contribution in [-0.4, -0.2) is 52.1 Å². The van der Waals surface area contributed by atoms with Gasteiger partial charge in [0.1, 0.15) is 6.54 Å². The Kier molecular flexibility index (Phi) is 8.19. The van der Waals surface area contributed by atoms with Gasteiger partial charge in [0.2, 0.25) is 0 Å². The zero-order valence-corrected chi connectivity index (χ0v) is 28.7. The largest absolute Gasteiger partial charge is 0.271 e. The number of anilines is 1. The molecule has 0 unspecified atom stereocenters. The monoisotopic (exact) mass is 730 g/mol. The molecule has 13 heteroatoms. The van der Waals surface area contributed by atoms with Gasteiger partial charge < -0.3 is 0 Å². The fourth-order valence-corrected chi connectivity index (χ4v) is 8.25. The number of imide groups is 1. The molecule has 246 valence electrons. The highest BCUT2D eigenvalue weighted by Crippen LogP contribution is 2.47. The van der Waals surface area contributed by atoms with E-state index in [-0.39, 0.29) is 12.5 Å². The number of allylic oxidation sites excluding steroid dienone is 1. The van der Waals surface area contributed by atoms with E-state index >= 15 is 0 Å². The molecule has 1 saturated heterocycles. The van der Waals surface area contributed by atoms with Crippen molar-refractivity contribution in [2.75, 3.05) is 11.4 Å². The van der Waals surface area contributed by atoms with Crippen molar-refractivity contribution in [1.29, 1.82) is 0 Å². The van der Waals surface area contributed by atoms with Crippen LogP contribution in [0.4, 0.5) is 5.69 Å². The third kappa shape index (κ3) is 5.49. The molecule has 4 aliphatic rings. The summed E-state index contributed by atoms with van der Waals surface area (Å²) >= 11 is 25.7. The van der Waals surface area contributed by atoms with Gasteiger partial charge in [0.25, 0.3) is 17.7 Å². The lowest BCUT2D eigenvalue weighted by molar-refractivity contribution is -0.136. The summed E-state index contributed by atoms with van der Waals surface area (Å²) in [5.74, 6) is -1.57. The van der Waals surface area contributed by atoms with Gasteiger partial charge >= 0.3 is 0 Å². The predicted molar refractivity (Wildman–Crippen MR) is 191 cm³/mol. The third-order valence-corrected chi connectivity index (χ3v) is 10.6. The van der Waals surface area contributed by atoms with Crippen molar-refractivity contribution in [1.82, 2.24) is 10.0 Å². The van der Waals surface area contributed by atoms with E-state index in [0.29, 0.717) is 31.3 Å². The number of fused-ring (bicyclic) bond motifs is 3. The number of hydrogen-bond acceptors (Lipinski definition) is 7. The van der Waals surface area contributed by atoms with Gasteiger partial charge in [-0.3, -0.25) is 19.4 Å². The Bertz CT molecular complexity index is 2160. The number of hydrazone groups is 1. The van der Waals surface area contributed by atoms with Crippen LogP contribution >= 0.6 is 46.4 Å². The molecule has 2 fully saturated rings. The van der Waals surface area contributed by atoms with Crippen LogP contribution in [-0.2, 0) is 14.4 Å². The molecular formula is C36H26Cl4N6O3. The fraction of sp³-hybridized carbons (Fsp3) is 0.222. The Balaban J connectivity index is 1.12. The van der Waals surface area contributed by atoms with Crippen LogP contribution in [0.1, 0.15) is 36.4 Å². The first kappa shape index (κ1) is 32.0. The van der Waals surface area contributed by atoms with Gasteiger partial charge in [-0.15, -0.1) is 0 Å². The number of nitrogens with zero attached hydrogens (tertiary/aromatic N) is 6. The van der Waals surface area contributed by atoms with Gasteiger partial charge in [-0.05, 0) is 77.8 Å². The van der Waals surface area contributed by atoms with Crippen molar-refractivity contribution in [3.05, 3.63) is 116 Å². The van der Waals surface area contributed by atoms with Gasteiger partial charge in [0.05, 0.1) is 17.4 Å². The molecule has 0 radical (unpaired) electrons. The summed E-state index contributed by atoms with van der Waals surface area (Å²) in [5, 5.41) is 19.5. The van der Waals surface area contributed by atoms with Crippen LogP contribution in [0.3, 0.4) is 0 Å². The minimum atomic E-state index is -1.06. The number of benzene rings is 4. The highest BCUT2D eigenvalue weighted by atomic mass is 35.5. The summed E-state index contributed by atoms with van der Waals surface area (Å²) in [7, 11) is 0. The molecule has 3 aliphatic heterocycles. The first-order chi connectivity index (χ1) is 23.7. The lowest BCUT2D eigenvalue weighted by atomic mass is 9.77. The van der Waals surface area contributed by atoms with Crippen LogP contribution in [0.15, 0.2) is 99.9 Å². The molecule has 0 bridgehead atoms. The lowest BCUT2D eigenvalue weighted by Crippen LogP contribution is -2.45. The lowest BCUT2D eigenvalue weighted by Gasteiger charge is -2.31. The summed E-state index contributed by atoms with van der Waals surface area (Å²) in [5.41, 5.74) is 3.67. The molecule has 4 aromatic carbocycles. The standard InChI is InChI=1S/C36H26Cl4N6O3/c37-22-12-11-20(27(39)16-22)15-21-7-3-9-26-31(21)42-46(33(26)25-14-13-23(38)17-28(25)40)30(47)18-44-34-32(41-43-44)35(48)45(36(34)49)29-10-4-6-19-5-1-2-8-24(19)29/h1-2,4-6,8,10-17,26,32-34H,3,7,9,18H2/b21-15+/t26-,32+,33-,34+/m0/s1. The highest BCUT2D eigenvalue weighted by molar-refractivity contribution is 6.36. The van der Waals surface area contributed by atoms with Crippen molar-refractivity contribution >= 4 is 92.4 Å². The van der Waals surface area contributed by atoms with Gasteiger partial charge in [0.15, 0.2) is 12.1 Å². The SMILES string of the molecule is O=C1[C@@H]2N=NN(CC(=O)N3N=C4/C(=C/c5ccc(Cl)cc5Cl)CCC[C@@H]4[C@@H]3c3ccc(Cl)cc3Cl)[C@H]2C(=O)N1c1cccc2ccccc12. The Hall–Kier alpha value is -4.28. The molecule has 0 spiro atoms. The van der Waals surface area contributed by atoms with Crippen molar-refractivity contribution in [3.8, 4) is 0 Å². The van der Waals surface area contributed by atoms with Gasteiger partial charge in [0, 0.05) is 31.4 Å². The Morgan fingerprint density at radius 1 is 0.857 bits per heavy atom. The maximum Gasteiger partial charge on any atom is 0.264 e. The number of carbonyl (C=O) groups excluding carboxylic acids is 3. The average molecular weight is 732 g/mol. The van der Waals surface area contributed by atoms with Crippen LogP contribution in [0.5, 0.6) is 0 Å². The molecule has 9 nitrogen and oxygen atoms in total. The van der Waals surface area contributed by atoms with E-state index in [1.54, 1.807) is 36.4 Å². The highest BCUT2D eigenvalue weighted by Gasteiger charge is 2.56. The molecule has 1 saturated carbocycles. The van der Waals surface area contributed by atoms with Crippen molar-refractivity contribution in [2.24, 2.45) is 21.4 Å². The minimum Gasteiger partial charge on any atom is -0.271 e. The summed E-state index contributed by atoms with van der Waals surface area (Å²) in [4.78, 5) is 43.0. The van der Waals surface area contributed by atoms with Crippen LogP contribution < -0.4 is 4.90 Å². The molecule has 4 atom stereocenters. The smallest absolute Gasteiger partial charge is 0.264 e. The molecule has 3 heterocycles. The zero-order chi connectivity index (χ0) is 34.0. The second kappa shape index (κ2) is 12.6. The fourth-order valence-electron chi connectivity index (χ4n) is 7.27. The van der Waals surface area contributed by atoms with Gasteiger partial charge in [-0.25, -0.2) is 9.91 Å². The van der Waals surface area contributed by atoms with Crippen LogP contribution in [0.25, 0.3) is 16.8 Å². The van der Waals surface area contributed by atoms with Gasteiger partial charge in [-0.2, -0.15) is 10.2 Å². The second-order valence-electron chi connectivity index (χ2n) is 12.4. The minimum absolute atomic E-state index is 0.168.